The van der Waals surface area contributed by atoms with E-state index in [-0.39, 0.29) is 17.9 Å². The SMILES string of the molecule is CCN1CCN(c2ccc(Cl)cc2NC(=O)Cn2c3ccccc3c(=O)c3ccccc32)CC1. The lowest BCUT2D eigenvalue weighted by molar-refractivity contribution is -0.116. The average molecular weight is 475 g/mol. The highest BCUT2D eigenvalue weighted by Crippen LogP contribution is 2.30. The molecule has 7 heteroatoms. The summed E-state index contributed by atoms with van der Waals surface area (Å²) in [5, 5.41) is 4.87. The average Bonchev–Trinajstić information content (AvgIpc) is 2.87. The number of anilines is 2. The molecule has 1 aromatic heterocycles. The van der Waals surface area contributed by atoms with Gasteiger partial charge < -0.3 is 19.7 Å². The minimum absolute atomic E-state index is 0.0220. The number of nitrogens with one attached hydrogen (secondary N) is 1. The van der Waals surface area contributed by atoms with Crippen LogP contribution in [0.25, 0.3) is 21.8 Å². The largest absolute Gasteiger partial charge is 0.367 e. The molecule has 34 heavy (non-hydrogen) atoms. The minimum atomic E-state index is -0.172. The second kappa shape index (κ2) is 9.49. The number of carbonyl (C=O) groups is 1. The normalized spacial score (nSPS) is 14.6. The number of hydrogen-bond acceptors (Lipinski definition) is 4. The number of para-hydroxylation sites is 2. The monoisotopic (exact) mass is 474 g/mol. The van der Waals surface area contributed by atoms with Gasteiger partial charge in [0.15, 0.2) is 5.43 Å². The van der Waals surface area contributed by atoms with Crippen molar-refractivity contribution >= 4 is 50.7 Å². The molecule has 0 saturated carbocycles. The summed E-state index contributed by atoms with van der Waals surface area (Å²) in [7, 11) is 0. The van der Waals surface area contributed by atoms with Crippen molar-refractivity contribution in [2.24, 2.45) is 0 Å². The fourth-order valence-electron chi connectivity index (χ4n) is 4.77. The van der Waals surface area contributed by atoms with Crippen LogP contribution in [0.2, 0.25) is 5.02 Å². The van der Waals surface area contributed by atoms with Crippen LogP contribution in [0.4, 0.5) is 11.4 Å². The van der Waals surface area contributed by atoms with Crippen LogP contribution in [-0.4, -0.2) is 48.1 Å². The van der Waals surface area contributed by atoms with Crippen LogP contribution in [0.5, 0.6) is 0 Å². The number of amides is 1. The zero-order valence-corrected chi connectivity index (χ0v) is 19.9. The van der Waals surface area contributed by atoms with Gasteiger partial charge in [0.2, 0.25) is 5.91 Å². The molecule has 1 aliphatic rings. The molecule has 174 valence electrons. The van der Waals surface area contributed by atoms with Gasteiger partial charge in [-0.25, -0.2) is 0 Å². The van der Waals surface area contributed by atoms with Gasteiger partial charge in [-0.15, -0.1) is 0 Å². The zero-order valence-electron chi connectivity index (χ0n) is 19.1. The Bertz CT molecular complexity index is 1360. The Kier molecular flexibility index (Phi) is 6.26. The van der Waals surface area contributed by atoms with Crippen molar-refractivity contribution < 1.29 is 4.79 Å². The number of pyridine rings is 1. The summed E-state index contributed by atoms with van der Waals surface area (Å²) in [6.07, 6.45) is 0. The summed E-state index contributed by atoms with van der Waals surface area (Å²) >= 11 is 6.30. The van der Waals surface area contributed by atoms with Crippen molar-refractivity contribution in [1.82, 2.24) is 9.47 Å². The van der Waals surface area contributed by atoms with Gasteiger partial charge in [-0.1, -0.05) is 42.8 Å². The van der Waals surface area contributed by atoms with E-state index in [0.29, 0.717) is 21.5 Å². The fraction of sp³-hybridized carbons (Fsp3) is 0.259. The molecule has 3 aromatic carbocycles. The van der Waals surface area contributed by atoms with Crippen molar-refractivity contribution in [3.63, 3.8) is 0 Å². The first-order chi connectivity index (χ1) is 16.5. The first-order valence-electron chi connectivity index (χ1n) is 11.6. The van der Waals surface area contributed by atoms with Gasteiger partial charge in [0, 0.05) is 42.0 Å². The van der Waals surface area contributed by atoms with Crippen LogP contribution in [0.1, 0.15) is 6.92 Å². The highest BCUT2D eigenvalue weighted by molar-refractivity contribution is 6.31. The zero-order chi connectivity index (χ0) is 23.7. The third kappa shape index (κ3) is 4.27. The molecular weight excluding hydrogens is 448 g/mol. The number of fused-ring (bicyclic) bond motifs is 2. The summed E-state index contributed by atoms with van der Waals surface area (Å²) in [5.74, 6) is -0.172. The molecule has 1 saturated heterocycles. The smallest absolute Gasteiger partial charge is 0.244 e. The number of hydrogen-bond donors (Lipinski definition) is 1. The molecule has 2 heterocycles. The number of carbonyl (C=O) groups excluding carboxylic acids is 1. The third-order valence-corrected chi connectivity index (χ3v) is 6.81. The number of aromatic nitrogens is 1. The molecule has 0 radical (unpaired) electrons. The van der Waals surface area contributed by atoms with E-state index in [1.54, 1.807) is 0 Å². The number of nitrogens with zero attached hydrogens (tertiary/aromatic N) is 3. The molecule has 5 rings (SSSR count). The van der Waals surface area contributed by atoms with Gasteiger partial charge in [0.1, 0.15) is 6.54 Å². The maximum atomic E-state index is 13.3. The number of likely N-dealkylation sites (N-methyl/N-ethyl adjacent to an activating group) is 1. The molecule has 1 amide bonds. The second-order valence-corrected chi connectivity index (χ2v) is 9.02. The summed E-state index contributed by atoms with van der Waals surface area (Å²) in [4.78, 5) is 31.0. The fourth-order valence-corrected chi connectivity index (χ4v) is 4.94. The first-order valence-corrected chi connectivity index (χ1v) is 12.0. The van der Waals surface area contributed by atoms with E-state index in [2.05, 4.69) is 22.0 Å². The van der Waals surface area contributed by atoms with Gasteiger partial charge in [-0.3, -0.25) is 9.59 Å². The number of rotatable bonds is 5. The Balaban J connectivity index is 1.47. The van der Waals surface area contributed by atoms with E-state index in [1.807, 2.05) is 71.3 Å². The molecule has 0 aliphatic carbocycles. The Labute approximate surface area is 203 Å². The van der Waals surface area contributed by atoms with E-state index in [9.17, 15) is 9.59 Å². The van der Waals surface area contributed by atoms with E-state index >= 15 is 0 Å². The van der Waals surface area contributed by atoms with Crippen LogP contribution in [-0.2, 0) is 11.3 Å². The van der Waals surface area contributed by atoms with Gasteiger partial charge in [0.05, 0.1) is 22.4 Å². The summed E-state index contributed by atoms with van der Waals surface area (Å²) < 4.78 is 1.91. The molecule has 1 fully saturated rings. The van der Waals surface area contributed by atoms with Crippen molar-refractivity contribution in [1.29, 1.82) is 0 Å². The Morgan fingerprint density at radius 1 is 0.912 bits per heavy atom. The molecular formula is C27H27ClN4O2. The molecule has 0 bridgehead atoms. The summed E-state index contributed by atoms with van der Waals surface area (Å²) in [5.41, 5.74) is 3.14. The Morgan fingerprint density at radius 2 is 1.53 bits per heavy atom. The lowest BCUT2D eigenvalue weighted by atomic mass is 10.1. The van der Waals surface area contributed by atoms with E-state index in [4.69, 9.17) is 11.6 Å². The predicted molar refractivity (Wildman–Crippen MR) is 140 cm³/mol. The highest BCUT2D eigenvalue weighted by Gasteiger charge is 2.20. The summed E-state index contributed by atoms with van der Waals surface area (Å²) in [6, 6.07) is 20.5. The van der Waals surface area contributed by atoms with Gasteiger partial charge >= 0.3 is 0 Å². The number of benzene rings is 3. The van der Waals surface area contributed by atoms with Crippen LogP contribution >= 0.6 is 11.6 Å². The number of halogens is 1. The molecule has 1 N–H and O–H groups in total. The lowest BCUT2D eigenvalue weighted by Crippen LogP contribution is -2.46. The number of piperazine rings is 1. The van der Waals surface area contributed by atoms with Crippen LogP contribution in [0, 0.1) is 0 Å². The minimum Gasteiger partial charge on any atom is -0.367 e. The van der Waals surface area contributed by atoms with E-state index < -0.39 is 0 Å². The standard InChI is InChI=1S/C27H27ClN4O2/c1-2-30-13-15-31(16-14-30)25-12-11-19(28)17-22(25)29-26(33)18-32-23-9-5-3-7-20(23)27(34)21-8-4-6-10-24(21)32/h3-12,17H,2,13-16,18H2,1H3,(H,29,33). The van der Waals surface area contributed by atoms with Crippen LogP contribution in [0.3, 0.4) is 0 Å². The van der Waals surface area contributed by atoms with Crippen molar-refractivity contribution in [2.45, 2.75) is 13.5 Å². The van der Waals surface area contributed by atoms with E-state index in [1.165, 1.54) is 0 Å². The molecule has 0 unspecified atom stereocenters. The Morgan fingerprint density at radius 3 is 2.15 bits per heavy atom. The topological polar surface area (TPSA) is 57.6 Å². The molecule has 1 aliphatic heterocycles. The van der Waals surface area contributed by atoms with Crippen molar-refractivity contribution in [3.8, 4) is 0 Å². The quantitative estimate of drug-likeness (QED) is 0.430. The molecule has 4 aromatic rings. The highest BCUT2D eigenvalue weighted by atomic mass is 35.5. The van der Waals surface area contributed by atoms with Gasteiger partial charge in [-0.2, -0.15) is 0 Å². The van der Waals surface area contributed by atoms with E-state index in [0.717, 1.165) is 49.4 Å². The van der Waals surface area contributed by atoms with Gasteiger partial charge in [-0.05, 0) is 49.0 Å². The predicted octanol–water partition coefficient (Wildman–Crippen LogP) is 4.59. The Hall–Kier alpha value is -3.35. The van der Waals surface area contributed by atoms with Gasteiger partial charge in [0.25, 0.3) is 0 Å². The van der Waals surface area contributed by atoms with Crippen LogP contribution < -0.4 is 15.6 Å². The lowest BCUT2D eigenvalue weighted by Gasteiger charge is -2.36. The molecule has 0 atom stereocenters. The van der Waals surface area contributed by atoms with Crippen LogP contribution in [0.15, 0.2) is 71.5 Å². The maximum Gasteiger partial charge on any atom is 0.244 e. The summed E-state index contributed by atoms with van der Waals surface area (Å²) in [6.45, 7) is 7.06. The second-order valence-electron chi connectivity index (χ2n) is 8.58. The third-order valence-electron chi connectivity index (χ3n) is 6.57. The van der Waals surface area contributed by atoms with Crippen molar-refractivity contribution in [3.05, 3.63) is 82.0 Å². The maximum absolute atomic E-state index is 13.3. The molecule has 0 spiro atoms. The van der Waals surface area contributed by atoms with Crippen molar-refractivity contribution in [2.75, 3.05) is 42.9 Å². The molecule has 6 nitrogen and oxygen atoms in total. The first kappa shape index (κ1) is 22.4.